The lowest BCUT2D eigenvalue weighted by molar-refractivity contribution is -0.155. The van der Waals surface area contributed by atoms with E-state index in [1.807, 2.05) is 22.9 Å². The summed E-state index contributed by atoms with van der Waals surface area (Å²) in [6.45, 7) is 1.56. The van der Waals surface area contributed by atoms with E-state index in [-0.39, 0.29) is 48.8 Å². The van der Waals surface area contributed by atoms with Gasteiger partial charge in [-0.1, -0.05) is 0 Å². The largest absolute Gasteiger partial charge is 0.497 e. The van der Waals surface area contributed by atoms with Crippen LogP contribution in [0.25, 0.3) is 0 Å². The zero-order chi connectivity index (χ0) is 26.3. The van der Waals surface area contributed by atoms with E-state index in [9.17, 15) is 18.3 Å². The number of morpholine rings is 1. The van der Waals surface area contributed by atoms with Crippen molar-refractivity contribution in [1.29, 1.82) is 0 Å². The van der Waals surface area contributed by atoms with E-state index < -0.39 is 16.3 Å². The molecule has 2 aliphatic rings. The summed E-state index contributed by atoms with van der Waals surface area (Å²) in [7, 11) is -2.36. The van der Waals surface area contributed by atoms with Crippen LogP contribution >= 0.6 is 11.3 Å². The second-order valence-electron chi connectivity index (χ2n) is 8.56. The van der Waals surface area contributed by atoms with Gasteiger partial charge in [0.25, 0.3) is 5.91 Å². The molecule has 202 valence electrons. The summed E-state index contributed by atoms with van der Waals surface area (Å²) in [6.07, 6.45) is 1.60. The van der Waals surface area contributed by atoms with Gasteiger partial charge in [-0.3, -0.25) is 4.79 Å². The van der Waals surface area contributed by atoms with E-state index in [4.69, 9.17) is 18.9 Å². The molecule has 1 amide bonds. The molecule has 10 nitrogen and oxygen atoms in total. The molecular weight excluding hydrogens is 520 g/mol. The third-order valence-corrected chi connectivity index (χ3v) is 8.84. The molecule has 0 bridgehead atoms. The molecule has 0 radical (unpaired) electrons. The lowest BCUT2D eigenvalue weighted by Gasteiger charge is -2.33. The highest BCUT2D eigenvalue weighted by molar-refractivity contribution is 7.89. The van der Waals surface area contributed by atoms with Crippen LogP contribution in [0.1, 0.15) is 17.9 Å². The SMILES string of the molecule is COc1ccc(S(=O)(=O)N(CCO)CCOC2CC(c3ccsc3)C=C(C(=O)N3CCOCC3)O2)cc1. The Labute approximate surface area is 221 Å². The van der Waals surface area contributed by atoms with Crippen LogP contribution < -0.4 is 4.74 Å². The first-order valence-corrected chi connectivity index (χ1v) is 14.4. The standard InChI is InChI=1S/C25H32N2O8S2/c1-32-21-2-4-22(5-3-21)37(30,31)27(7-11-28)10-14-34-24-17-20(19-6-15-36-18-19)16-23(35-24)25(29)26-8-12-33-13-9-26/h2-6,15-16,18,20,24,28H,7-14,17H2,1H3. The van der Waals surface area contributed by atoms with Crippen molar-refractivity contribution >= 4 is 27.3 Å². The highest BCUT2D eigenvalue weighted by atomic mass is 32.2. The van der Waals surface area contributed by atoms with Crippen LogP contribution in [0.3, 0.4) is 0 Å². The van der Waals surface area contributed by atoms with Crippen molar-refractivity contribution in [2.24, 2.45) is 0 Å². The molecule has 2 unspecified atom stereocenters. The number of thiophene rings is 1. The number of hydrogen-bond acceptors (Lipinski definition) is 9. The van der Waals surface area contributed by atoms with E-state index >= 15 is 0 Å². The number of amides is 1. The molecule has 1 saturated heterocycles. The van der Waals surface area contributed by atoms with E-state index in [1.165, 1.54) is 23.5 Å². The third kappa shape index (κ3) is 6.89. The van der Waals surface area contributed by atoms with Crippen molar-refractivity contribution in [2.75, 3.05) is 59.7 Å². The molecule has 1 fully saturated rings. The van der Waals surface area contributed by atoms with Gasteiger partial charge in [-0.25, -0.2) is 8.42 Å². The third-order valence-electron chi connectivity index (χ3n) is 6.23. The number of methoxy groups -OCH3 is 1. The molecule has 1 N–H and O–H groups in total. The Kier molecular flexibility index (Phi) is 9.57. The van der Waals surface area contributed by atoms with Crippen molar-refractivity contribution in [3.63, 3.8) is 0 Å². The van der Waals surface area contributed by atoms with Crippen LogP contribution in [0.15, 0.2) is 57.8 Å². The number of ether oxygens (including phenoxy) is 4. The number of carbonyl (C=O) groups excluding carboxylic acids is 1. The number of nitrogens with zero attached hydrogens (tertiary/aromatic N) is 2. The summed E-state index contributed by atoms with van der Waals surface area (Å²) in [5.74, 6) is 0.496. The molecule has 2 aromatic rings. The van der Waals surface area contributed by atoms with Crippen molar-refractivity contribution < 1.29 is 37.3 Å². The average Bonchev–Trinajstić information content (AvgIpc) is 3.48. The first kappa shape index (κ1) is 27.6. The van der Waals surface area contributed by atoms with E-state index in [2.05, 4.69) is 0 Å². The number of carbonyl (C=O) groups is 1. The number of hydrogen-bond donors (Lipinski definition) is 1. The lowest BCUT2D eigenvalue weighted by Crippen LogP contribution is -2.43. The summed E-state index contributed by atoms with van der Waals surface area (Å²) in [6, 6.07) is 8.07. The number of benzene rings is 1. The summed E-state index contributed by atoms with van der Waals surface area (Å²) < 4.78 is 49.8. The maximum Gasteiger partial charge on any atom is 0.288 e. The number of allylic oxidation sites excluding steroid dienone is 1. The summed E-state index contributed by atoms with van der Waals surface area (Å²) in [5, 5.41) is 13.5. The molecular formula is C25H32N2O8S2. The van der Waals surface area contributed by atoms with Crippen LogP contribution in [-0.4, -0.2) is 94.6 Å². The zero-order valence-corrected chi connectivity index (χ0v) is 22.3. The van der Waals surface area contributed by atoms with Crippen LogP contribution in [-0.2, 0) is 29.0 Å². The Morgan fingerprint density at radius 1 is 1.19 bits per heavy atom. The van der Waals surface area contributed by atoms with Crippen molar-refractivity contribution in [3.8, 4) is 5.75 Å². The number of aliphatic hydroxyl groups excluding tert-OH is 1. The molecule has 4 rings (SSSR count). The maximum atomic E-state index is 13.1. The monoisotopic (exact) mass is 552 g/mol. The maximum absolute atomic E-state index is 13.1. The molecule has 0 saturated carbocycles. The Balaban J connectivity index is 1.42. The minimum atomic E-state index is -3.86. The summed E-state index contributed by atoms with van der Waals surface area (Å²) in [5.41, 5.74) is 1.07. The van der Waals surface area contributed by atoms with Gasteiger partial charge in [0.1, 0.15) is 5.75 Å². The fourth-order valence-corrected chi connectivity index (χ4v) is 6.34. The van der Waals surface area contributed by atoms with Gasteiger partial charge >= 0.3 is 0 Å². The zero-order valence-electron chi connectivity index (χ0n) is 20.7. The second kappa shape index (κ2) is 12.9. The molecule has 3 heterocycles. The van der Waals surface area contributed by atoms with Crippen LogP contribution in [0, 0.1) is 0 Å². The van der Waals surface area contributed by atoms with Gasteiger partial charge in [-0.05, 0) is 52.7 Å². The smallest absolute Gasteiger partial charge is 0.288 e. The number of rotatable bonds is 11. The minimum absolute atomic E-state index is 0.00829. The fraction of sp³-hybridized carbons (Fsp3) is 0.480. The van der Waals surface area contributed by atoms with Gasteiger partial charge in [0.15, 0.2) is 5.76 Å². The van der Waals surface area contributed by atoms with Crippen molar-refractivity contribution in [2.45, 2.75) is 23.5 Å². The first-order valence-electron chi connectivity index (χ1n) is 12.1. The summed E-state index contributed by atoms with van der Waals surface area (Å²) in [4.78, 5) is 14.9. The van der Waals surface area contributed by atoms with Gasteiger partial charge in [0, 0.05) is 38.5 Å². The van der Waals surface area contributed by atoms with Crippen LogP contribution in [0.4, 0.5) is 0 Å². The molecule has 1 aromatic carbocycles. The molecule has 1 aromatic heterocycles. The first-order chi connectivity index (χ1) is 17.9. The van der Waals surface area contributed by atoms with Gasteiger partial charge in [0.2, 0.25) is 16.3 Å². The number of aliphatic hydroxyl groups is 1. The highest BCUT2D eigenvalue weighted by Crippen LogP contribution is 2.33. The van der Waals surface area contributed by atoms with E-state index in [0.29, 0.717) is 38.5 Å². The van der Waals surface area contributed by atoms with E-state index in [0.717, 1.165) is 5.56 Å². The summed E-state index contributed by atoms with van der Waals surface area (Å²) >= 11 is 1.57. The molecule has 2 aliphatic heterocycles. The van der Waals surface area contributed by atoms with Gasteiger partial charge in [-0.15, -0.1) is 0 Å². The molecule has 2 atom stereocenters. The number of sulfonamides is 1. The average molecular weight is 553 g/mol. The molecule has 0 spiro atoms. The second-order valence-corrected chi connectivity index (χ2v) is 11.3. The fourth-order valence-electron chi connectivity index (χ4n) is 4.20. The minimum Gasteiger partial charge on any atom is -0.497 e. The predicted molar refractivity (Wildman–Crippen MR) is 137 cm³/mol. The van der Waals surface area contributed by atoms with Crippen molar-refractivity contribution in [3.05, 3.63) is 58.5 Å². The topological polar surface area (TPSA) is 115 Å². The predicted octanol–water partition coefficient (Wildman–Crippen LogP) is 2.03. The molecule has 12 heteroatoms. The van der Waals surface area contributed by atoms with Crippen LogP contribution in [0.5, 0.6) is 5.75 Å². The quantitative estimate of drug-likeness (QED) is 0.451. The molecule has 0 aliphatic carbocycles. The highest BCUT2D eigenvalue weighted by Gasteiger charge is 2.32. The Morgan fingerprint density at radius 2 is 1.95 bits per heavy atom. The van der Waals surface area contributed by atoms with Crippen molar-refractivity contribution in [1.82, 2.24) is 9.21 Å². The van der Waals surface area contributed by atoms with Gasteiger partial charge in [-0.2, -0.15) is 15.6 Å². The van der Waals surface area contributed by atoms with Gasteiger partial charge in [0.05, 0.1) is 38.4 Å². The van der Waals surface area contributed by atoms with E-state index in [1.54, 1.807) is 28.4 Å². The van der Waals surface area contributed by atoms with Gasteiger partial charge < -0.3 is 29.0 Å². The Morgan fingerprint density at radius 3 is 2.59 bits per heavy atom. The normalized spacial score (nSPS) is 20.4. The Hall–Kier alpha value is -2.48. The Bertz CT molecular complexity index is 1150. The lowest BCUT2D eigenvalue weighted by atomic mass is 9.95. The van der Waals surface area contributed by atoms with Crippen LogP contribution in [0.2, 0.25) is 0 Å². The molecule has 37 heavy (non-hydrogen) atoms.